The van der Waals surface area contributed by atoms with E-state index in [0.717, 1.165) is 0 Å². The molecule has 0 aliphatic heterocycles. The summed E-state index contributed by atoms with van der Waals surface area (Å²) in [5, 5.41) is 3.10. The predicted molar refractivity (Wildman–Crippen MR) is 78.1 cm³/mol. The van der Waals surface area contributed by atoms with E-state index in [1.165, 1.54) is 0 Å². The Morgan fingerprint density at radius 2 is 1.95 bits per heavy atom. The van der Waals surface area contributed by atoms with Gasteiger partial charge in [0.25, 0.3) is 5.91 Å². The normalized spacial score (nSPS) is 10.3. The largest absolute Gasteiger partial charge is 0.383 e. The van der Waals surface area contributed by atoms with Crippen LogP contribution in [0.25, 0.3) is 0 Å². The summed E-state index contributed by atoms with van der Waals surface area (Å²) in [6.45, 7) is 4.72. The number of methoxy groups -OCH3 is 2. The summed E-state index contributed by atoms with van der Waals surface area (Å²) in [4.78, 5) is 18.5. The van der Waals surface area contributed by atoms with Crippen LogP contribution >= 0.6 is 0 Å². The van der Waals surface area contributed by atoms with Gasteiger partial charge < -0.3 is 19.7 Å². The predicted octanol–water partition coefficient (Wildman–Crippen LogP) is 1.25. The Bertz CT molecular complexity index is 404. The maximum absolute atomic E-state index is 12.6. The van der Waals surface area contributed by atoms with Crippen molar-refractivity contribution in [3.63, 3.8) is 0 Å². The number of nitrogens with zero attached hydrogens (tertiary/aromatic N) is 2. The van der Waals surface area contributed by atoms with Gasteiger partial charge in [0.05, 0.1) is 18.8 Å². The highest BCUT2D eigenvalue weighted by Crippen LogP contribution is 2.14. The number of amides is 1. The molecule has 1 amide bonds. The summed E-state index contributed by atoms with van der Waals surface area (Å²) in [5.41, 5.74) is 0.571. The first-order chi connectivity index (χ1) is 9.74. The number of hydrogen-bond donors (Lipinski definition) is 1. The molecular weight excluding hydrogens is 258 g/mol. The van der Waals surface area contributed by atoms with Crippen LogP contribution in [0.5, 0.6) is 0 Å². The summed E-state index contributed by atoms with van der Waals surface area (Å²) in [6.07, 6.45) is 1.67. The Kier molecular flexibility index (Phi) is 7.60. The monoisotopic (exact) mass is 281 g/mol. The number of aromatic nitrogens is 1. The van der Waals surface area contributed by atoms with Crippen molar-refractivity contribution in [3.05, 3.63) is 23.9 Å². The fourth-order valence-corrected chi connectivity index (χ4v) is 1.77. The molecule has 0 aliphatic rings. The molecule has 0 unspecified atom stereocenters. The molecule has 0 saturated heterocycles. The third kappa shape index (κ3) is 4.79. The summed E-state index contributed by atoms with van der Waals surface area (Å²) >= 11 is 0. The smallest absolute Gasteiger partial charge is 0.257 e. The minimum Gasteiger partial charge on any atom is -0.383 e. The van der Waals surface area contributed by atoms with Crippen molar-refractivity contribution in [2.24, 2.45) is 0 Å². The molecule has 0 aromatic carbocycles. The molecule has 1 heterocycles. The van der Waals surface area contributed by atoms with Crippen LogP contribution in [0, 0.1) is 0 Å². The van der Waals surface area contributed by atoms with Gasteiger partial charge in [0, 0.05) is 40.1 Å². The summed E-state index contributed by atoms with van der Waals surface area (Å²) < 4.78 is 10.1. The van der Waals surface area contributed by atoms with Crippen molar-refractivity contribution in [2.45, 2.75) is 6.92 Å². The summed E-state index contributed by atoms with van der Waals surface area (Å²) in [5.74, 6) is 0.544. The maximum atomic E-state index is 12.6. The van der Waals surface area contributed by atoms with E-state index in [2.05, 4.69) is 10.3 Å². The van der Waals surface area contributed by atoms with E-state index in [1.807, 2.05) is 6.92 Å². The highest BCUT2D eigenvalue weighted by molar-refractivity contribution is 5.98. The van der Waals surface area contributed by atoms with E-state index in [9.17, 15) is 4.79 Å². The lowest BCUT2D eigenvalue weighted by molar-refractivity contribution is 0.0628. The topological polar surface area (TPSA) is 63.7 Å². The van der Waals surface area contributed by atoms with Gasteiger partial charge in [-0.25, -0.2) is 4.98 Å². The molecule has 0 spiro atoms. The quantitative estimate of drug-likeness (QED) is 0.738. The van der Waals surface area contributed by atoms with Gasteiger partial charge in [0.2, 0.25) is 0 Å². The summed E-state index contributed by atoms with van der Waals surface area (Å²) in [6, 6.07) is 3.54. The van der Waals surface area contributed by atoms with Crippen LogP contribution in [0.4, 0.5) is 5.82 Å². The molecule has 6 heteroatoms. The Morgan fingerprint density at radius 3 is 2.50 bits per heavy atom. The van der Waals surface area contributed by atoms with Crippen molar-refractivity contribution in [2.75, 3.05) is 52.4 Å². The van der Waals surface area contributed by atoms with Crippen LogP contribution in [0.3, 0.4) is 0 Å². The summed E-state index contributed by atoms with van der Waals surface area (Å²) in [7, 11) is 3.24. The van der Waals surface area contributed by atoms with Crippen LogP contribution < -0.4 is 5.32 Å². The van der Waals surface area contributed by atoms with Crippen LogP contribution in [0.1, 0.15) is 17.3 Å². The second-order valence-electron chi connectivity index (χ2n) is 4.21. The molecular formula is C14H23N3O3. The van der Waals surface area contributed by atoms with E-state index in [1.54, 1.807) is 37.4 Å². The zero-order valence-corrected chi connectivity index (χ0v) is 12.4. The van der Waals surface area contributed by atoms with E-state index in [4.69, 9.17) is 9.47 Å². The standard InChI is InChI=1S/C14H23N3O3/c1-4-15-13-12(6-5-7-16-13)14(18)17(8-10-19-2)9-11-20-3/h5-7H,4,8-11H2,1-3H3,(H,15,16). The molecule has 1 aromatic heterocycles. The molecule has 0 radical (unpaired) electrons. The molecule has 0 atom stereocenters. The molecule has 6 nitrogen and oxygen atoms in total. The SMILES string of the molecule is CCNc1ncccc1C(=O)N(CCOC)CCOC. The minimum atomic E-state index is -0.0665. The third-order valence-electron chi connectivity index (χ3n) is 2.80. The molecule has 112 valence electrons. The van der Waals surface area contributed by atoms with Gasteiger partial charge in [-0.05, 0) is 19.1 Å². The number of rotatable bonds is 9. The zero-order chi connectivity index (χ0) is 14.8. The van der Waals surface area contributed by atoms with Crippen LogP contribution in [0.2, 0.25) is 0 Å². The minimum absolute atomic E-state index is 0.0665. The van der Waals surface area contributed by atoms with E-state index >= 15 is 0 Å². The maximum Gasteiger partial charge on any atom is 0.257 e. The Hall–Kier alpha value is -1.66. The van der Waals surface area contributed by atoms with Gasteiger partial charge in [0.1, 0.15) is 5.82 Å². The number of ether oxygens (including phenoxy) is 2. The second-order valence-corrected chi connectivity index (χ2v) is 4.21. The lowest BCUT2D eigenvalue weighted by Crippen LogP contribution is -2.37. The molecule has 1 aromatic rings. The van der Waals surface area contributed by atoms with E-state index < -0.39 is 0 Å². The Balaban J connectivity index is 2.86. The molecule has 1 rings (SSSR count). The number of hydrogen-bond acceptors (Lipinski definition) is 5. The van der Waals surface area contributed by atoms with Crippen LogP contribution in [-0.2, 0) is 9.47 Å². The first-order valence-electron chi connectivity index (χ1n) is 6.70. The Morgan fingerprint density at radius 1 is 1.30 bits per heavy atom. The highest BCUT2D eigenvalue weighted by Gasteiger charge is 2.18. The number of pyridine rings is 1. The Labute approximate surface area is 120 Å². The molecule has 0 aliphatic carbocycles. The number of anilines is 1. The van der Waals surface area contributed by atoms with Gasteiger partial charge in [-0.1, -0.05) is 0 Å². The van der Waals surface area contributed by atoms with Crippen LogP contribution in [0.15, 0.2) is 18.3 Å². The van der Waals surface area contributed by atoms with Crippen molar-refractivity contribution in [1.82, 2.24) is 9.88 Å². The van der Waals surface area contributed by atoms with Crippen molar-refractivity contribution < 1.29 is 14.3 Å². The van der Waals surface area contributed by atoms with E-state index in [-0.39, 0.29) is 5.91 Å². The lowest BCUT2D eigenvalue weighted by Gasteiger charge is -2.23. The first kappa shape index (κ1) is 16.4. The third-order valence-corrected chi connectivity index (χ3v) is 2.80. The number of carbonyl (C=O) groups is 1. The molecule has 20 heavy (non-hydrogen) atoms. The highest BCUT2D eigenvalue weighted by atomic mass is 16.5. The van der Waals surface area contributed by atoms with Crippen molar-refractivity contribution >= 4 is 11.7 Å². The van der Waals surface area contributed by atoms with Crippen LogP contribution in [-0.4, -0.2) is 62.9 Å². The van der Waals surface area contributed by atoms with Gasteiger partial charge in [-0.2, -0.15) is 0 Å². The van der Waals surface area contributed by atoms with Crippen molar-refractivity contribution in [3.8, 4) is 0 Å². The lowest BCUT2D eigenvalue weighted by atomic mass is 10.2. The second kappa shape index (κ2) is 9.28. The fraction of sp³-hybridized carbons (Fsp3) is 0.571. The average Bonchev–Trinajstić information content (AvgIpc) is 2.48. The van der Waals surface area contributed by atoms with Crippen molar-refractivity contribution in [1.29, 1.82) is 0 Å². The molecule has 1 N–H and O–H groups in total. The molecule has 0 saturated carbocycles. The van der Waals surface area contributed by atoms with Gasteiger partial charge in [-0.15, -0.1) is 0 Å². The van der Waals surface area contributed by atoms with Gasteiger partial charge >= 0.3 is 0 Å². The first-order valence-corrected chi connectivity index (χ1v) is 6.70. The number of nitrogens with one attached hydrogen (secondary N) is 1. The van der Waals surface area contributed by atoms with E-state index in [0.29, 0.717) is 44.2 Å². The molecule has 0 fully saturated rings. The number of carbonyl (C=O) groups excluding carboxylic acids is 1. The van der Waals surface area contributed by atoms with Gasteiger partial charge in [0.15, 0.2) is 0 Å². The van der Waals surface area contributed by atoms with Gasteiger partial charge in [-0.3, -0.25) is 4.79 Å². The fourth-order valence-electron chi connectivity index (χ4n) is 1.77. The zero-order valence-electron chi connectivity index (χ0n) is 12.4. The average molecular weight is 281 g/mol. The molecule has 0 bridgehead atoms.